The van der Waals surface area contributed by atoms with Crippen LogP contribution in [0.25, 0.3) is 10.9 Å². The number of benzene rings is 1. The molecule has 1 saturated heterocycles. The molecule has 1 fully saturated rings. The maximum Gasteiger partial charge on any atom is 0.409 e. The van der Waals surface area contributed by atoms with Gasteiger partial charge in [0.05, 0.1) is 6.61 Å². The number of nitrogens with zero attached hydrogens (tertiary/aromatic N) is 2. The predicted octanol–water partition coefficient (Wildman–Crippen LogP) is 2.70. The second kappa shape index (κ2) is 6.55. The zero-order valence-electron chi connectivity index (χ0n) is 14.4. The molecule has 0 spiro atoms. The predicted molar refractivity (Wildman–Crippen MR) is 92.3 cm³/mol. The van der Waals surface area contributed by atoms with Gasteiger partial charge in [-0.3, -0.25) is 4.79 Å². The van der Waals surface area contributed by atoms with Crippen molar-refractivity contribution >= 4 is 22.9 Å². The third-order valence-electron chi connectivity index (χ3n) is 4.52. The highest BCUT2D eigenvalue weighted by Gasteiger charge is 2.27. The molecule has 2 aromatic rings. The normalized spacial score (nSPS) is 15.0. The number of hydrogen-bond donors (Lipinski definition) is 1. The minimum atomic E-state index is -0.304. The fourth-order valence-corrected chi connectivity index (χ4v) is 3.13. The van der Waals surface area contributed by atoms with E-state index in [0.29, 0.717) is 38.5 Å². The number of aryl methyl sites for hydroxylation is 2. The van der Waals surface area contributed by atoms with Crippen LogP contribution in [0.2, 0.25) is 0 Å². The molecule has 0 unspecified atom stereocenters. The lowest BCUT2D eigenvalue weighted by Gasteiger charge is -2.33. The summed E-state index contributed by atoms with van der Waals surface area (Å²) in [7, 11) is 0. The number of rotatable bonds is 2. The van der Waals surface area contributed by atoms with Crippen molar-refractivity contribution < 1.29 is 14.3 Å². The van der Waals surface area contributed by atoms with Crippen LogP contribution in [0.5, 0.6) is 0 Å². The highest BCUT2D eigenvalue weighted by molar-refractivity contribution is 6.01. The average Bonchev–Trinajstić information content (AvgIpc) is 2.90. The summed E-state index contributed by atoms with van der Waals surface area (Å²) in [6, 6.07) is 6.15. The maximum absolute atomic E-state index is 12.8. The van der Waals surface area contributed by atoms with Crippen LogP contribution in [0, 0.1) is 13.8 Å². The summed E-state index contributed by atoms with van der Waals surface area (Å²) in [5, 5.41) is 1.08. The molecule has 2 heterocycles. The Morgan fingerprint density at radius 1 is 1.12 bits per heavy atom. The van der Waals surface area contributed by atoms with Gasteiger partial charge in [0, 0.05) is 37.1 Å². The van der Waals surface area contributed by atoms with Crippen molar-refractivity contribution in [3.63, 3.8) is 0 Å². The van der Waals surface area contributed by atoms with E-state index in [1.165, 1.54) is 0 Å². The largest absolute Gasteiger partial charge is 0.450 e. The molecule has 6 nitrogen and oxygen atoms in total. The highest BCUT2D eigenvalue weighted by Crippen LogP contribution is 2.24. The number of nitrogens with one attached hydrogen (secondary N) is 1. The van der Waals surface area contributed by atoms with Gasteiger partial charge in [-0.1, -0.05) is 12.1 Å². The van der Waals surface area contributed by atoms with E-state index < -0.39 is 0 Å². The monoisotopic (exact) mass is 329 g/mol. The summed E-state index contributed by atoms with van der Waals surface area (Å²) >= 11 is 0. The van der Waals surface area contributed by atoms with Crippen LogP contribution < -0.4 is 0 Å². The number of ether oxygens (including phenoxy) is 1. The number of piperazine rings is 1. The van der Waals surface area contributed by atoms with E-state index >= 15 is 0 Å². The Bertz CT molecular complexity index is 773. The summed E-state index contributed by atoms with van der Waals surface area (Å²) in [4.78, 5) is 31.3. The summed E-state index contributed by atoms with van der Waals surface area (Å²) in [5.41, 5.74) is 3.76. The lowest BCUT2D eigenvalue weighted by molar-refractivity contribution is 0.0566. The van der Waals surface area contributed by atoms with Gasteiger partial charge < -0.3 is 19.5 Å². The zero-order valence-corrected chi connectivity index (χ0v) is 14.4. The molecule has 0 bridgehead atoms. The SMILES string of the molecule is CCOC(=O)N1CCN(C(=O)c2[nH]c3cc(C)ccc3c2C)CC1. The van der Waals surface area contributed by atoms with Gasteiger partial charge in [0.25, 0.3) is 5.91 Å². The van der Waals surface area contributed by atoms with E-state index in [2.05, 4.69) is 17.1 Å². The van der Waals surface area contributed by atoms with Crippen molar-refractivity contribution in [1.82, 2.24) is 14.8 Å². The summed E-state index contributed by atoms with van der Waals surface area (Å²) < 4.78 is 5.01. The van der Waals surface area contributed by atoms with Gasteiger partial charge in [-0.25, -0.2) is 4.79 Å². The number of carbonyl (C=O) groups excluding carboxylic acids is 2. The van der Waals surface area contributed by atoms with Crippen LogP contribution in [-0.4, -0.2) is 59.6 Å². The first-order valence-corrected chi connectivity index (χ1v) is 8.31. The molecular formula is C18H23N3O3. The van der Waals surface area contributed by atoms with Gasteiger partial charge >= 0.3 is 6.09 Å². The average molecular weight is 329 g/mol. The fourth-order valence-electron chi connectivity index (χ4n) is 3.13. The van der Waals surface area contributed by atoms with Crippen molar-refractivity contribution in [2.24, 2.45) is 0 Å². The van der Waals surface area contributed by atoms with E-state index in [-0.39, 0.29) is 12.0 Å². The molecule has 1 aromatic carbocycles. The molecule has 1 aliphatic rings. The molecule has 0 atom stereocenters. The van der Waals surface area contributed by atoms with Crippen LogP contribution >= 0.6 is 0 Å². The quantitative estimate of drug-likeness (QED) is 0.921. The Morgan fingerprint density at radius 3 is 2.46 bits per heavy atom. The number of carbonyl (C=O) groups is 2. The summed E-state index contributed by atoms with van der Waals surface area (Å²) in [6.07, 6.45) is -0.304. The van der Waals surface area contributed by atoms with Crippen molar-refractivity contribution in [2.45, 2.75) is 20.8 Å². The molecule has 1 aromatic heterocycles. The van der Waals surface area contributed by atoms with Crippen LogP contribution in [0.3, 0.4) is 0 Å². The first kappa shape index (κ1) is 16.4. The van der Waals surface area contributed by atoms with E-state index in [9.17, 15) is 9.59 Å². The molecule has 128 valence electrons. The first-order valence-electron chi connectivity index (χ1n) is 8.31. The van der Waals surface area contributed by atoms with Gasteiger partial charge in [0.1, 0.15) is 5.69 Å². The number of aromatic nitrogens is 1. The summed E-state index contributed by atoms with van der Waals surface area (Å²) in [6.45, 7) is 8.20. The Hall–Kier alpha value is -2.50. The molecule has 6 heteroatoms. The lowest BCUT2D eigenvalue weighted by atomic mass is 10.1. The molecule has 0 saturated carbocycles. The van der Waals surface area contributed by atoms with Crippen molar-refractivity contribution in [1.29, 1.82) is 0 Å². The molecule has 3 rings (SSSR count). The molecular weight excluding hydrogens is 306 g/mol. The molecule has 1 aliphatic heterocycles. The van der Waals surface area contributed by atoms with Crippen LogP contribution in [-0.2, 0) is 4.74 Å². The number of aromatic amines is 1. The Morgan fingerprint density at radius 2 is 1.79 bits per heavy atom. The number of amides is 2. The Balaban J connectivity index is 1.74. The van der Waals surface area contributed by atoms with Crippen molar-refractivity contribution in [3.05, 3.63) is 35.0 Å². The summed E-state index contributed by atoms with van der Waals surface area (Å²) in [5.74, 6) is -0.00939. The highest BCUT2D eigenvalue weighted by atomic mass is 16.6. The number of H-pyrrole nitrogens is 1. The molecule has 0 radical (unpaired) electrons. The fraction of sp³-hybridized carbons (Fsp3) is 0.444. The van der Waals surface area contributed by atoms with Gasteiger partial charge in [-0.05, 0) is 38.0 Å². The first-order chi connectivity index (χ1) is 11.5. The number of hydrogen-bond acceptors (Lipinski definition) is 3. The molecule has 24 heavy (non-hydrogen) atoms. The smallest absolute Gasteiger partial charge is 0.409 e. The minimum Gasteiger partial charge on any atom is -0.450 e. The Kier molecular flexibility index (Phi) is 4.46. The standard InChI is InChI=1S/C18H23N3O3/c1-4-24-18(23)21-9-7-20(8-10-21)17(22)16-13(3)14-6-5-12(2)11-15(14)19-16/h5-6,11,19H,4,7-10H2,1-3H3. The van der Waals surface area contributed by atoms with Gasteiger partial charge in [0.2, 0.25) is 0 Å². The van der Waals surface area contributed by atoms with E-state index in [1.807, 2.05) is 19.9 Å². The maximum atomic E-state index is 12.8. The topological polar surface area (TPSA) is 65.6 Å². The Labute approximate surface area is 141 Å². The van der Waals surface area contributed by atoms with Crippen molar-refractivity contribution in [2.75, 3.05) is 32.8 Å². The number of fused-ring (bicyclic) bond motifs is 1. The third-order valence-corrected chi connectivity index (χ3v) is 4.52. The lowest BCUT2D eigenvalue weighted by Crippen LogP contribution is -2.50. The molecule has 1 N–H and O–H groups in total. The minimum absolute atomic E-state index is 0.00939. The van der Waals surface area contributed by atoms with Crippen LogP contribution in [0.4, 0.5) is 4.79 Å². The van der Waals surface area contributed by atoms with E-state index in [1.54, 1.807) is 16.7 Å². The molecule has 2 amide bonds. The zero-order chi connectivity index (χ0) is 17.3. The van der Waals surface area contributed by atoms with Gasteiger partial charge in [0.15, 0.2) is 0 Å². The van der Waals surface area contributed by atoms with E-state index in [4.69, 9.17) is 4.74 Å². The van der Waals surface area contributed by atoms with Crippen molar-refractivity contribution in [3.8, 4) is 0 Å². The van der Waals surface area contributed by atoms with Crippen LogP contribution in [0.1, 0.15) is 28.5 Å². The second-order valence-electron chi connectivity index (χ2n) is 6.15. The van der Waals surface area contributed by atoms with Crippen LogP contribution in [0.15, 0.2) is 18.2 Å². The van der Waals surface area contributed by atoms with Gasteiger partial charge in [-0.15, -0.1) is 0 Å². The second-order valence-corrected chi connectivity index (χ2v) is 6.15. The molecule has 0 aliphatic carbocycles. The van der Waals surface area contributed by atoms with E-state index in [0.717, 1.165) is 22.0 Å². The third kappa shape index (κ3) is 2.96. The van der Waals surface area contributed by atoms with Gasteiger partial charge in [-0.2, -0.15) is 0 Å².